The Morgan fingerprint density at radius 1 is 1.67 bits per heavy atom. The van der Waals surface area contributed by atoms with Crippen molar-refractivity contribution in [3.05, 3.63) is 0 Å². The highest BCUT2D eigenvalue weighted by molar-refractivity contribution is 7.99. The number of carbonyl (C=O) groups is 1. The average Bonchev–Trinajstić information content (AvgIpc) is 2.04. The molecule has 1 amide bonds. The molecule has 0 spiro atoms. The van der Waals surface area contributed by atoms with Gasteiger partial charge < -0.3 is 11.1 Å². The lowest BCUT2D eigenvalue weighted by Gasteiger charge is -2.24. The van der Waals surface area contributed by atoms with E-state index < -0.39 is 5.54 Å². The number of thioether (sulfide) groups is 1. The summed E-state index contributed by atoms with van der Waals surface area (Å²) in [5.41, 5.74) is 4.69. The van der Waals surface area contributed by atoms with Crippen molar-refractivity contribution in [2.24, 2.45) is 5.73 Å². The average molecular weight is 190 g/mol. The molecule has 0 aromatic carbocycles. The zero-order valence-electron chi connectivity index (χ0n) is 8.02. The molecule has 0 saturated heterocycles. The lowest BCUT2D eigenvalue weighted by molar-refractivity contribution is -0.122. The molecule has 0 aliphatic heterocycles. The molecule has 1 unspecified atom stereocenters. The van der Waals surface area contributed by atoms with Gasteiger partial charge in [-0.2, -0.15) is 11.8 Å². The zero-order chi connectivity index (χ0) is 9.61. The number of hydrogen-bond acceptors (Lipinski definition) is 3. The minimum atomic E-state index is -0.556. The first kappa shape index (κ1) is 11.8. The molecular formula is C8H18N2OS. The topological polar surface area (TPSA) is 55.1 Å². The third kappa shape index (κ3) is 3.45. The molecule has 0 fully saturated rings. The number of carbonyl (C=O) groups excluding carboxylic acids is 1. The Hall–Kier alpha value is -0.220. The van der Waals surface area contributed by atoms with E-state index in [0.29, 0.717) is 0 Å². The second-order valence-electron chi connectivity index (χ2n) is 3.00. The molecule has 3 nitrogen and oxygen atoms in total. The molecule has 0 aliphatic carbocycles. The zero-order valence-corrected chi connectivity index (χ0v) is 8.83. The van der Waals surface area contributed by atoms with Crippen molar-refractivity contribution in [3.63, 3.8) is 0 Å². The van der Waals surface area contributed by atoms with Gasteiger partial charge in [-0.25, -0.2) is 0 Å². The third-order valence-electron chi connectivity index (χ3n) is 1.83. The quantitative estimate of drug-likeness (QED) is 0.603. The van der Waals surface area contributed by atoms with Crippen molar-refractivity contribution in [1.29, 1.82) is 0 Å². The largest absolute Gasteiger partial charge is 0.368 e. The van der Waals surface area contributed by atoms with Gasteiger partial charge in [0.25, 0.3) is 0 Å². The summed E-state index contributed by atoms with van der Waals surface area (Å²) in [7, 11) is 1.76. The summed E-state index contributed by atoms with van der Waals surface area (Å²) in [6, 6.07) is 0. The Kier molecular flexibility index (Phi) is 5.33. The smallest absolute Gasteiger partial charge is 0.238 e. The SMILES string of the molecule is CCCSCC(C)(NC)C(N)=O. The van der Waals surface area contributed by atoms with Crippen LogP contribution in [0.3, 0.4) is 0 Å². The molecule has 0 radical (unpaired) electrons. The van der Waals surface area contributed by atoms with Crippen molar-refractivity contribution in [2.45, 2.75) is 25.8 Å². The van der Waals surface area contributed by atoms with Crippen molar-refractivity contribution in [2.75, 3.05) is 18.6 Å². The van der Waals surface area contributed by atoms with Crippen LogP contribution in [0, 0.1) is 0 Å². The molecule has 3 N–H and O–H groups in total. The van der Waals surface area contributed by atoms with Gasteiger partial charge in [-0.05, 0) is 26.1 Å². The van der Waals surface area contributed by atoms with Crippen LogP contribution in [-0.4, -0.2) is 30.0 Å². The fourth-order valence-electron chi connectivity index (χ4n) is 0.687. The number of nitrogens with two attached hydrogens (primary N) is 1. The standard InChI is InChI=1S/C8H18N2OS/c1-4-5-12-6-8(2,10-3)7(9)11/h10H,4-6H2,1-3H3,(H2,9,11). The molecule has 0 heterocycles. The van der Waals surface area contributed by atoms with Crippen LogP contribution in [0.5, 0.6) is 0 Å². The highest BCUT2D eigenvalue weighted by Crippen LogP contribution is 2.12. The molecule has 12 heavy (non-hydrogen) atoms. The number of primary amides is 1. The van der Waals surface area contributed by atoms with Crippen LogP contribution in [0.15, 0.2) is 0 Å². The summed E-state index contributed by atoms with van der Waals surface area (Å²) in [6.07, 6.45) is 1.13. The summed E-state index contributed by atoms with van der Waals surface area (Å²) < 4.78 is 0. The van der Waals surface area contributed by atoms with E-state index in [9.17, 15) is 4.79 Å². The molecule has 0 rings (SSSR count). The molecule has 0 saturated carbocycles. The number of hydrogen-bond donors (Lipinski definition) is 2. The molecule has 4 heteroatoms. The molecule has 1 atom stereocenters. The normalized spacial score (nSPS) is 15.6. The fourth-order valence-corrected chi connectivity index (χ4v) is 1.81. The highest BCUT2D eigenvalue weighted by atomic mass is 32.2. The second kappa shape index (κ2) is 5.43. The Morgan fingerprint density at radius 2 is 2.25 bits per heavy atom. The molecule has 0 aliphatic rings. The minimum absolute atomic E-state index is 0.284. The van der Waals surface area contributed by atoms with Crippen LogP contribution in [0.4, 0.5) is 0 Å². The van der Waals surface area contributed by atoms with E-state index in [0.717, 1.165) is 17.9 Å². The third-order valence-corrected chi connectivity index (χ3v) is 3.31. The fraction of sp³-hybridized carbons (Fsp3) is 0.875. The number of nitrogens with one attached hydrogen (secondary N) is 1. The van der Waals surface area contributed by atoms with Crippen molar-refractivity contribution < 1.29 is 4.79 Å². The minimum Gasteiger partial charge on any atom is -0.368 e. The Bertz CT molecular complexity index is 152. The van der Waals surface area contributed by atoms with E-state index in [1.165, 1.54) is 0 Å². The van der Waals surface area contributed by atoms with Gasteiger partial charge in [0, 0.05) is 5.75 Å². The summed E-state index contributed by atoms with van der Waals surface area (Å²) in [6.45, 7) is 3.95. The van der Waals surface area contributed by atoms with Crippen molar-refractivity contribution in [3.8, 4) is 0 Å². The van der Waals surface area contributed by atoms with E-state index in [1.807, 2.05) is 6.92 Å². The summed E-state index contributed by atoms with van der Waals surface area (Å²) in [5, 5.41) is 2.94. The van der Waals surface area contributed by atoms with Crippen LogP contribution in [-0.2, 0) is 4.79 Å². The molecule has 0 aromatic heterocycles. The second-order valence-corrected chi connectivity index (χ2v) is 4.10. The Morgan fingerprint density at radius 3 is 2.58 bits per heavy atom. The molecular weight excluding hydrogens is 172 g/mol. The maximum Gasteiger partial charge on any atom is 0.238 e. The lowest BCUT2D eigenvalue weighted by atomic mass is 10.1. The van der Waals surface area contributed by atoms with Gasteiger partial charge in [0.15, 0.2) is 0 Å². The van der Waals surface area contributed by atoms with Crippen molar-refractivity contribution >= 4 is 17.7 Å². The van der Waals surface area contributed by atoms with Gasteiger partial charge in [-0.15, -0.1) is 0 Å². The van der Waals surface area contributed by atoms with Crippen LogP contribution >= 0.6 is 11.8 Å². The lowest BCUT2D eigenvalue weighted by Crippen LogP contribution is -2.53. The predicted molar refractivity (Wildman–Crippen MR) is 54.3 cm³/mol. The first-order chi connectivity index (χ1) is 5.56. The van der Waals surface area contributed by atoms with E-state index in [4.69, 9.17) is 5.73 Å². The van der Waals surface area contributed by atoms with Crippen LogP contribution in [0.1, 0.15) is 20.3 Å². The van der Waals surface area contributed by atoms with Crippen LogP contribution in [0.2, 0.25) is 0 Å². The first-order valence-corrected chi connectivity index (χ1v) is 5.29. The number of amides is 1. The van der Waals surface area contributed by atoms with Crippen LogP contribution < -0.4 is 11.1 Å². The van der Waals surface area contributed by atoms with Gasteiger partial charge in [0.05, 0.1) is 0 Å². The van der Waals surface area contributed by atoms with Crippen molar-refractivity contribution in [1.82, 2.24) is 5.32 Å². The Balaban J connectivity index is 3.88. The van der Waals surface area contributed by atoms with E-state index in [1.54, 1.807) is 18.8 Å². The maximum atomic E-state index is 11.0. The number of rotatable bonds is 6. The Labute approximate surface area is 78.5 Å². The van der Waals surface area contributed by atoms with Gasteiger partial charge in [-0.1, -0.05) is 6.92 Å². The van der Waals surface area contributed by atoms with E-state index >= 15 is 0 Å². The molecule has 72 valence electrons. The summed E-state index contributed by atoms with van der Waals surface area (Å²) in [5.74, 6) is 1.53. The summed E-state index contributed by atoms with van der Waals surface area (Å²) in [4.78, 5) is 11.0. The number of likely N-dealkylation sites (N-methyl/N-ethyl adjacent to an activating group) is 1. The van der Waals surface area contributed by atoms with E-state index in [-0.39, 0.29) is 5.91 Å². The van der Waals surface area contributed by atoms with Gasteiger partial charge in [-0.3, -0.25) is 4.79 Å². The summed E-state index contributed by atoms with van der Waals surface area (Å²) >= 11 is 1.75. The van der Waals surface area contributed by atoms with Gasteiger partial charge in [0.2, 0.25) is 5.91 Å². The molecule has 0 bridgehead atoms. The van der Waals surface area contributed by atoms with E-state index in [2.05, 4.69) is 12.2 Å². The monoisotopic (exact) mass is 190 g/mol. The molecule has 0 aromatic rings. The maximum absolute atomic E-state index is 11.0. The highest BCUT2D eigenvalue weighted by Gasteiger charge is 2.28. The van der Waals surface area contributed by atoms with Gasteiger partial charge >= 0.3 is 0 Å². The van der Waals surface area contributed by atoms with Gasteiger partial charge in [0.1, 0.15) is 5.54 Å². The first-order valence-electron chi connectivity index (χ1n) is 4.13. The predicted octanol–water partition coefficient (Wildman–Crippen LogP) is 0.593. The van der Waals surface area contributed by atoms with Crippen LogP contribution in [0.25, 0.3) is 0 Å².